The molecule has 1 atom stereocenters. The van der Waals surface area contributed by atoms with Crippen molar-refractivity contribution in [1.29, 1.82) is 0 Å². The number of imide groups is 1. The molecule has 4 rings (SSSR count). The first-order chi connectivity index (χ1) is 18.4. The van der Waals surface area contributed by atoms with E-state index in [1.807, 2.05) is 12.1 Å². The van der Waals surface area contributed by atoms with E-state index < -0.39 is 11.9 Å². The van der Waals surface area contributed by atoms with Gasteiger partial charge in [0.25, 0.3) is 5.91 Å². The number of hydrogen-bond donors (Lipinski definition) is 3. The van der Waals surface area contributed by atoms with Gasteiger partial charge in [-0.2, -0.15) is 0 Å². The van der Waals surface area contributed by atoms with Crippen LogP contribution in [0.1, 0.15) is 39.9 Å². The van der Waals surface area contributed by atoms with Crippen LogP contribution in [-0.4, -0.2) is 72.7 Å². The molecule has 11 heteroatoms. The van der Waals surface area contributed by atoms with Gasteiger partial charge in [-0.3, -0.25) is 24.5 Å². The molecule has 1 unspecified atom stereocenters. The van der Waals surface area contributed by atoms with Gasteiger partial charge in [0.1, 0.15) is 6.04 Å². The van der Waals surface area contributed by atoms with E-state index in [1.165, 1.54) is 4.90 Å². The maximum atomic E-state index is 12.8. The second-order valence-corrected chi connectivity index (χ2v) is 9.53. The number of anilines is 1. The number of ether oxygens (including phenoxy) is 2. The van der Waals surface area contributed by atoms with Crippen molar-refractivity contribution in [3.63, 3.8) is 0 Å². The summed E-state index contributed by atoms with van der Waals surface area (Å²) in [4.78, 5) is 50.7. The van der Waals surface area contributed by atoms with Gasteiger partial charge in [-0.15, -0.1) is 0 Å². The lowest BCUT2D eigenvalue weighted by molar-refractivity contribution is -0.137. The Morgan fingerprint density at radius 3 is 2.61 bits per heavy atom. The Balaban J connectivity index is 1.28. The van der Waals surface area contributed by atoms with E-state index in [-0.39, 0.29) is 50.3 Å². The summed E-state index contributed by atoms with van der Waals surface area (Å²) in [5, 5.41) is 14.3. The number of rotatable bonds is 12. The van der Waals surface area contributed by atoms with Gasteiger partial charge in [0.15, 0.2) is 0 Å². The molecule has 202 valence electrons. The Hall–Kier alpha value is -3.31. The van der Waals surface area contributed by atoms with Gasteiger partial charge >= 0.3 is 0 Å². The lowest BCUT2D eigenvalue weighted by atomic mass is 10.0. The standard InChI is InChI=1S/C27H30ClN3O7/c28-22-15-20(3-2-18(22)7-9-37-11-12-38-10-8-32)29-25(34)14-17-1-4-21-19(13-17)16-31(27(21)36)23-5-6-24(33)30-26(23)35/h1-4,13,15,23,32H,5-12,14,16H2,(H,29,34)(H,30,33,35). The highest BCUT2D eigenvalue weighted by molar-refractivity contribution is 6.31. The molecule has 0 bridgehead atoms. The first-order valence-corrected chi connectivity index (χ1v) is 12.8. The maximum Gasteiger partial charge on any atom is 0.255 e. The van der Waals surface area contributed by atoms with Crippen LogP contribution in [0.2, 0.25) is 5.02 Å². The Bertz CT molecular complexity index is 1220. The van der Waals surface area contributed by atoms with E-state index in [2.05, 4.69) is 10.6 Å². The molecule has 10 nitrogen and oxygen atoms in total. The Labute approximate surface area is 225 Å². The highest BCUT2D eigenvalue weighted by Gasteiger charge is 2.39. The molecule has 1 saturated heterocycles. The first-order valence-electron chi connectivity index (χ1n) is 12.5. The molecule has 4 amide bonds. The Morgan fingerprint density at radius 1 is 1.08 bits per heavy atom. The van der Waals surface area contributed by atoms with Gasteiger partial charge in [0.05, 0.1) is 39.5 Å². The quantitative estimate of drug-likeness (QED) is 0.275. The average Bonchev–Trinajstić information content (AvgIpc) is 3.19. The topological polar surface area (TPSA) is 134 Å². The lowest BCUT2D eigenvalue weighted by Crippen LogP contribution is -2.52. The monoisotopic (exact) mass is 543 g/mol. The molecular formula is C27H30ClN3O7. The number of fused-ring (bicyclic) bond motifs is 1. The number of carbonyl (C=O) groups is 4. The number of amides is 4. The normalized spacial score (nSPS) is 16.9. The van der Waals surface area contributed by atoms with Crippen molar-refractivity contribution in [2.24, 2.45) is 0 Å². The van der Waals surface area contributed by atoms with Crippen LogP contribution in [0.4, 0.5) is 5.69 Å². The molecule has 2 heterocycles. The minimum atomic E-state index is -0.676. The number of benzene rings is 2. The predicted molar refractivity (Wildman–Crippen MR) is 139 cm³/mol. The fraction of sp³-hybridized carbons (Fsp3) is 0.407. The molecule has 2 aliphatic rings. The summed E-state index contributed by atoms with van der Waals surface area (Å²) in [5.74, 6) is -1.26. The molecule has 0 spiro atoms. The molecule has 1 fully saturated rings. The van der Waals surface area contributed by atoms with Crippen molar-refractivity contribution >= 4 is 40.9 Å². The fourth-order valence-corrected chi connectivity index (χ4v) is 4.80. The molecule has 0 radical (unpaired) electrons. The van der Waals surface area contributed by atoms with Gasteiger partial charge < -0.3 is 24.8 Å². The SMILES string of the molecule is O=C1CCC(N2Cc3cc(CC(=O)Nc4ccc(CCOCCOCCO)c(Cl)c4)ccc3C2=O)C(=O)N1. The first kappa shape index (κ1) is 27.7. The largest absolute Gasteiger partial charge is 0.394 e. The summed E-state index contributed by atoms with van der Waals surface area (Å²) in [7, 11) is 0. The zero-order chi connectivity index (χ0) is 27.1. The molecule has 3 N–H and O–H groups in total. The summed E-state index contributed by atoms with van der Waals surface area (Å²) in [6.07, 6.45) is 1.21. The van der Waals surface area contributed by atoms with Crippen molar-refractivity contribution in [1.82, 2.24) is 10.2 Å². The van der Waals surface area contributed by atoms with Crippen LogP contribution < -0.4 is 10.6 Å². The summed E-state index contributed by atoms with van der Waals surface area (Å²) >= 11 is 6.38. The van der Waals surface area contributed by atoms with Gasteiger partial charge in [0, 0.05) is 29.2 Å². The molecule has 2 aromatic rings. The molecule has 38 heavy (non-hydrogen) atoms. The number of halogens is 1. The molecule has 0 saturated carbocycles. The summed E-state index contributed by atoms with van der Waals surface area (Å²) in [6.45, 7) is 1.84. The fourth-order valence-electron chi connectivity index (χ4n) is 4.52. The average molecular weight is 544 g/mol. The number of hydrogen-bond acceptors (Lipinski definition) is 7. The highest BCUT2D eigenvalue weighted by atomic mass is 35.5. The molecular weight excluding hydrogens is 514 g/mol. The van der Waals surface area contributed by atoms with E-state index in [0.29, 0.717) is 48.9 Å². The molecule has 2 aliphatic heterocycles. The van der Waals surface area contributed by atoms with Crippen molar-refractivity contribution < 1.29 is 33.8 Å². The lowest BCUT2D eigenvalue weighted by Gasteiger charge is -2.29. The van der Waals surface area contributed by atoms with Gasteiger partial charge in [-0.25, -0.2) is 0 Å². The minimum absolute atomic E-state index is 0.0158. The number of piperidine rings is 1. The third kappa shape index (κ3) is 6.96. The Morgan fingerprint density at radius 2 is 1.87 bits per heavy atom. The van der Waals surface area contributed by atoms with Gasteiger partial charge in [0.2, 0.25) is 17.7 Å². The van der Waals surface area contributed by atoms with Crippen LogP contribution >= 0.6 is 11.6 Å². The maximum absolute atomic E-state index is 12.8. The van der Waals surface area contributed by atoms with Crippen LogP contribution in [0.15, 0.2) is 36.4 Å². The van der Waals surface area contributed by atoms with E-state index >= 15 is 0 Å². The zero-order valence-electron chi connectivity index (χ0n) is 20.8. The van der Waals surface area contributed by atoms with Crippen molar-refractivity contribution in [2.45, 2.75) is 38.3 Å². The second-order valence-electron chi connectivity index (χ2n) is 9.12. The molecule has 0 aromatic heterocycles. The van der Waals surface area contributed by atoms with Crippen LogP contribution in [0, 0.1) is 0 Å². The van der Waals surface area contributed by atoms with Gasteiger partial charge in [-0.1, -0.05) is 29.8 Å². The van der Waals surface area contributed by atoms with Crippen LogP contribution in [-0.2, 0) is 43.2 Å². The summed E-state index contributed by atoms with van der Waals surface area (Å²) in [5.41, 5.74) is 3.46. The smallest absolute Gasteiger partial charge is 0.255 e. The zero-order valence-corrected chi connectivity index (χ0v) is 21.6. The van der Waals surface area contributed by atoms with Gasteiger partial charge in [-0.05, 0) is 47.7 Å². The minimum Gasteiger partial charge on any atom is -0.394 e. The summed E-state index contributed by atoms with van der Waals surface area (Å²) < 4.78 is 10.6. The van der Waals surface area contributed by atoms with E-state index in [4.69, 9.17) is 26.2 Å². The van der Waals surface area contributed by atoms with E-state index in [9.17, 15) is 19.2 Å². The number of aliphatic hydroxyl groups is 1. The van der Waals surface area contributed by atoms with Crippen molar-refractivity contribution in [3.05, 3.63) is 63.7 Å². The van der Waals surface area contributed by atoms with Crippen LogP contribution in [0.3, 0.4) is 0 Å². The number of nitrogens with one attached hydrogen (secondary N) is 2. The van der Waals surface area contributed by atoms with Crippen LogP contribution in [0.25, 0.3) is 0 Å². The number of aliphatic hydroxyl groups excluding tert-OH is 1. The molecule has 0 aliphatic carbocycles. The number of carbonyl (C=O) groups excluding carboxylic acids is 4. The predicted octanol–water partition coefficient (Wildman–Crippen LogP) is 1.85. The highest BCUT2D eigenvalue weighted by Crippen LogP contribution is 2.28. The molecule has 2 aromatic carbocycles. The third-order valence-electron chi connectivity index (χ3n) is 6.41. The van der Waals surface area contributed by atoms with Crippen molar-refractivity contribution in [3.8, 4) is 0 Å². The second kappa shape index (κ2) is 13.0. The van der Waals surface area contributed by atoms with Crippen molar-refractivity contribution in [2.75, 3.05) is 38.4 Å². The Kier molecular flexibility index (Phi) is 9.46. The van der Waals surface area contributed by atoms with E-state index in [1.54, 1.807) is 24.3 Å². The third-order valence-corrected chi connectivity index (χ3v) is 6.76. The summed E-state index contributed by atoms with van der Waals surface area (Å²) in [6, 6.07) is 9.86. The number of nitrogens with zero attached hydrogens (tertiary/aromatic N) is 1. The van der Waals surface area contributed by atoms with Crippen LogP contribution in [0.5, 0.6) is 0 Å². The van der Waals surface area contributed by atoms with E-state index in [0.717, 1.165) is 16.7 Å².